The molecule has 0 saturated carbocycles. The molecule has 1 aliphatic heterocycles. The van der Waals surface area contributed by atoms with Crippen molar-refractivity contribution in [2.75, 3.05) is 13.1 Å². The van der Waals surface area contributed by atoms with Crippen molar-refractivity contribution >= 4 is 23.9 Å². The van der Waals surface area contributed by atoms with E-state index in [0.717, 1.165) is 29.7 Å². The smallest absolute Gasteiger partial charge is 0.325 e. The summed E-state index contributed by atoms with van der Waals surface area (Å²) >= 11 is 0. The molecule has 1 saturated heterocycles. The number of benzene rings is 1. The molecule has 3 N–H and O–H groups in total. The molecule has 1 fully saturated rings. The van der Waals surface area contributed by atoms with Crippen LogP contribution in [0.25, 0.3) is 0 Å². The van der Waals surface area contributed by atoms with Crippen LogP contribution in [0.1, 0.15) is 44.7 Å². The summed E-state index contributed by atoms with van der Waals surface area (Å²) in [4.78, 5) is 49.4. The van der Waals surface area contributed by atoms with Crippen LogP contribution in [-0.2, 0) is 21.5 Å². The van der Waals surface area contributed by atoms with Crippen LogP contribution in [0.3, 0.4) is 0 Å². The van der Waals surface area contributed by atoms with Gasteiger partial charge in [-0.25, -0.2) is 9.59 Å². The fourth-order valence-electron chi connectivity index (χ4n) is 2.92. The van der Waals surface area contributed by atoms with Crippen LogP contribution < -0.4 is 16.0 Å². The van der Waals surface area contributed by atoms with Crippen LogP contribution >= 0.6 is 0 Å². The Hall–Kier alpha value is -2.90. The highest BCUT2D eigenvalue weighted by atomic mass is 16.2. The molecule has 1 aromatic rings. The molecule has 0 aromatic heterocycles. The molecule has 0 spiro atoms. The monoisotopic (exact) mass is 374 g/mol. The van der Waals surface area contributed by atoms with Gasteiger partial charge in [0, 0.05) is 6.54 Å². The highest BCUT2D eigenvalue weighted by Gasteiger charge is 2.49. The van der Waals surface area contributed by atoms with Crippen LogP contribution in [0.15, 0.2) is 24.3 Å². The predicted octanol–water partition coefficient (Wildman–Crippen LogP) is 1.64. The maximum atomic E-state index is 12.8. The van der Waals surface area contributed by atoms with Crippen molar-refractivity contribution in [1.82, 2.24) is 20.9 Å². The van der Waals surface area contributed by atoms with E-state index < -0.39 is 36.0 Å². The van der Waals surface area contributed by atoms with Gasteiger partial charge in [-0.15, -0.1) is 0 Å². The SMILES string of the molecule is CCCNC(=O)NC(=O)CN1C(=O)NC(C)(c2ccc(CCC)cc2)C1=O. The highest BCUT2D eigenvalue weighted by Crippen LogP contribution is 2.29. The van der Waals surface area contributed by atoms with E-state index in [9.17, 15) is 19.2 Å². The summed E-state index contributed by atoms with van der Waals surface area (Å²) in [5.41, 5.74) is 0.548. The van der Waals surface area contributed by atoms with Crippen molar-refractivity contribution in [2.45, 2.75) is 45.6 Å². The summed E-state index contributed by atoms with van der Waals surface area (Å²) in [6.07, 6.45) is 2.68. The normalized spacial score (nSPS) is 19.0. The van der Waals surface area contributed by atoms with Crippen molar-refractivity contribution in [3.63, 3.8) is 0 Å². The molecule has 1 aliphatic rings. The van der Waals surface area contributed by atoms with E-state index in [1.807, 2.05) is 31.2 Å². The quantitative estimate of drug-likeness (QED) is 0.631. The minimum atomic E-state index is -1.24. The van der Waals surface area contributed by atoms with Crippen molar-refractivity contribution in [2.24, 2.45) is 0 Å². The van der Waals surface area contributed by atoms with E-state index in [1.54, 1.807) is 6.92 Å². The van der Waals surface area contributed by atoms with Gasteiger partial charge in [-0.05, 0) is 30.9 Å². The molecule has 1 unspecified atom stereocenters. The summed E-state index contributed by atoms with van der Waals surface area (Å²) < 4.78 is 0. The molecule has 2 rings (SSSR count). The number of amides is 6. The van der Waals surface area contributed by atoms with Crippen LogP contribution in [0.4, 0.5) is 9.59 Å². The summed E-state index contributed by atoms with van der Waals surface area (Å²) in [6, 6.07) is 6.16. The summed E-state index contributed by atoms with van der Waals surface area (Å²) in [5.74, 6) is -1.26. The first-order chi connectivity index (χ1) is 12.8. The molecule has 8 heteroatoms. The third-order valence-corrected chi connectivity index (χ3v) is 4.44. The number of carbonyl (C=O) groups excluding carboxylic acids is 4. The Balaban J connectivity index is 2.06. The Morgan fingerprint density at radius 3 is 2.37 bits per heavy atom. The average Bonchev–Trinajstić information content (AvgIpc) is 2.85. The molecular formula is C19H26N4O4. The Bertz CT molecular complexity index is 732. The van der Waals surface area contributed by atoms with Crippen LogP contribution in [0.5, 0.6) is 0 Å². The molecular weight excluding hydrogens is 348 g/mol. The lowest BCUT2D eigenvalue weighted by molar-refractivity contribution is -0.134. The number of nitrogens with one attached hydrogen (secondary N) is 3. The van der Waals surface area contributed by atoms with Gasteiger partial charge in [-0.1, -0.05) is 44.5 Å². The lowest BCUT2D eigenvalue weighted by atomic mass is 9.91. The minimum Gasteiger partial charge on any atom is -0.338 e. The van der Waals surface area contributed by atoms with Gasteiger partial charge in [0.25, 0.3) is 5.91 Å². The second-order valence-electron chi connectivity index (χ2n) is 6.70. The van der Waals surface area contributed by atoms with Crippen LogP contribution in [0, 0.1) is 0 Å². The largest absolute Gasteiger partial charge is 0.338 e. The Morgan fingerprint density at radius 2 is 1.78 bits per heavy atom. The maximum absolute atomic E-state index is 12.8. The van der Waals surface area contributed by atoms with E-state index in [4.69, 9.17) is 0 Å². The third-order valence-electron chi connectivity index (χ3n) is 4.44. The van der Waals surface area contributed by atoms with E-state index >= 15 is 0 Å². The van der Waals surface area contributed by atoms with E-state index in [2.05, 4.69) is 22.9 Å². The molecule has 1 atom stereocenters. The van der Waals surface area contributed by atoms with Gasteiger partial charge in [0.1, 0.15) is 12.1 Å². The average molecular weight is 374 g/mol. The van der Waals surface area contributed by atoms with Crippen molar-refractivity contribution in [3.8, 4) is 0 Å². The Labute approximate surface area is 158 Å². The van der Waals surface area contributed by atoms with Gasteiger partial charge >= 0.3 is 12.1 Å². The van der Waals surface area contributed by atoms with Gasteiger partial charge < -0.3 is 10.6 Å². The number of nitrogens with zero attached hydrogens (tertiary/aromatic N) is 1. The van der Waals surface area contributed by atoms with Crippen molar-refractivity contribution in [1.29, 1.82) is 0 Å². The number of rotatable bonds is 7. The topological polar surface area (TPSA) is 108 Å². The molecule has 1 aromatic carbocycles. The predicted molar refractivity (Wildman–Crippen MR) is 99.9 cm³/mol. The van der Waals surface area contributed by atoms with Crippen molar-refractivity contribution in [3.05, 3.63) is 35.4 Å². The number of aryl methyl sites for hydroxylation is 1. The van der Waals surface area contributed by atoms with E-state index in [1.165, 1.54) is 0 Å². The number of hydrogen-bond acceptors (Lipinski definition) is 4. The standard InChI is InChI=1S/C19H26N4O4/c1-4-6-13-7-9-14(10-8-13)19(3)16(25)23(18(27)22-19)12-15(24)21-17(26)20-11-5-2/h7-10H,4-6,11-12H2,1-3H3,(H,22,27)(H2,20,21,24,26). The van der Waals surface area contributed by atoms with E-state index in [0.29, 0.717) is 12.1 Å². The molecule has 1 heterocycles. The lowest BCUT2D eigenvalue weighted by Crippen LogP contribution is -2.47. The zero-order valence-electron chi connectivity index (χ0n) is 15.9. The number of hydrogen-bond donors (Lipinski definition) is 3. The fourth-order valence-corrected chi connectivity index (χ4v) is 2.92. The Kier molecular flexibility index (Phi) is 6.55. The first-order valence-electron chi connectivity index (χ1n) is 9.13. The third kappa shape index (κ3) is 4.64. The zero-order chi connectivity index (χ0) is 20.0. The van der Waals surface area contributed by atoms with Gasteiger partial charge in [0.05, 0.1) is 0 Å². The summed E-state index contributed by atoms with van der Waals surface area (Å²) in [7, 11) is 0. The maximum Gasteiger partial charge on any atom is 0.325 e. The van der Waals surface area contributed by atoms with Crippen LogP contribution in [0.2, 0.25) is 0 Å². The fraction of sp³-hybridized carbons (Fsp3) is 0.474. The number of imide groups is 2. The highest BCUT2D eigenvalue weighted by molar-refractivity contribution is 6.10. The summed E-state index contributed by atoms with van der Waals surface area (Å²) in [6.45, 7) is 5.47. The Morgan fingerprint density at radius 1 is 1.11 bits per heavy atom. The number of urea groups is 2. The van der Waals surface area contributed by atoms with Gasteiger partial charge in [0.2, 0.25) is 5.91 Å². The molecule has 146 valence electrons. The second-order valence-corrected chi connectivity index (χ2v) is 6.70. The molecule has 6 amide bonds. The second kappa shape index (κ2) is 8.66. The van der Waals surface area contributed by atoms with Crippen LogP contribution in [-0.4, -0.2) is 41.9 Å². The molecule has 8 nitrogen and oxygen atoms in total. The molecule has 27 heavy (non-hydrogen) atoms. The lowest BCUT2D eigenvalue weighted by Gasteiger charge is -2.22. The number of carbonyl (C=O) groups is 4. The van der Waals surface area contributed by atoms with E-state index in [-0.39, 0.29) is 0 Å². The first-order valence-corrected chi connectivity index (χ1v) is 9.13. The van der Waals surface area contributed by atoms with Gasteiger partial charge in [-0.3, -0.25) is 19.8 Å². The van der Waals surface area contributed by atoms with Crippen molar-refractivity contribution < 1.29 is 19.2 Å². The van der Waals surface area contributed by atoms with Gasteiger partial charge in [0.15, 0.2) is 0 Å². The minimum absolute atomic E-state index is 0.425. The zero-order valence-corrected chi connectivity index (χ0v) is 15.9. The first kappa shape index (κ1) is 20.4. The van der Waals surface area contributed by atoms with Gasteiger partial charge in [-0.2, -0.15) is 0 Å². The molecule has 0 aliphatic carbocycles. The summed E-state index contributed by atoms with van der Waals surface area (Å²) in [5, 5.41) is 7.25. The molecule has 0 bridgehead atoms. The molecule has 0 radical (unpaired) electrons.